The highest BCUT2D eigenvalue weighted by molar-refractivity contribution is 7.91. The number of aryl methyl sites for hydroxylation is 1. The van der Waals surface area contributed by atoms with Crippen molar-refractivity contribution in [1.29, 1.82) is 0 Å². The molecule has 0 saturated heterocycles. The highest BCUT2D eigenvalue weighted by Crippen LogP contribution is 2.43. The standard InChI is InChI=1S/C18H16ClFN4O2S/c1-18(27(25,26)24-9-6-12-4-3-8-21-17(12)24)7-5-13(19)10-15(18)14-11-23(2)22-16(14)20/h3-11,15H,1-2H3. The molecule has 140 valence electrons. The van der Waals surface area contributed by atoms with Crippen LogP contribution in [-0.4, -0.2) is 31.9 Å². The van der Waals surface area contributed by atoms with Gasteiger partial charge in [0.25, 0.3) is 0 Å². The first-order chi connectivity index (χ1) is 12.7. The Morgan fingerprint density at radius 3 is 2.81 bits per heavy atom. The van der Waals surface area contributed by atoms with Crippen molar-refractivity contribution in [3.63, 3.8) is 0 Å². The molecule has 0 aromatic carbocycles. The molecule has 6 nitrogen and oxygen atoms in total. The van der Waals surface area contributed by atoms with Gasteiger partial charge in [0.1, 0.15) is 4.75 Å². The van der Waals surface area contributed by atoms with E-state index in [0.29, 0.717) is 16.1 Å². The zero-order valence-corrected chi connectivity index (χ0v) is 16.1. The third kappa shape index (κ3) is 2.62. The first-order valence-electron chi connectivity index (χ1n) is 8.17. The zero-order chi connectivity index (χ0) is 19.4. The van der Waals surface area contributed by atoms with Crippen molar-refractivity contribution in [3.8, 4) is 0 Å². The van der Waals surface area contributed by atoms with E-state index in [2.05, 4.69) is 10.1 Å². The minimum absolute atomic E-state index is 0.162. The van der Waals surface area contributed by atoms with Crippen molar-refractivity contribution >= 4 is 32.7 Å². The molecule has 2 unspecified atom stereocenters. The summed E-state index contributed by atoms with van der Waals surface area (Å²) in [5.74, 6) is -1.58. The Morgan fingerprint density at radius 2 is 2.11 bits per heavy atom. The first-order valence-corrected chi connectivity index (χ1v) is 9.98. The average Bonchev–Trinajstić information content (AvgIpc) is 3.20. The Morgan fingerprint density at radius 1 is 1.33 bits per heavy atom. The van der Waals surface area contributed by atoms with Crippen LogP contribution in [0.4, 0.5) is 4.39 Å². The van der Waals surface area contributed by atoms with Gasteiger partial charge in [0, 0.05) is 47.5 Å². The molecule has 0 fully saturated rings. The first kappa shape index (κ1) is 17.9. The summed E-state index contributed by atoms with van der Waals surface area (Å²) in [5, 5.41) is 4.75. The van der Waals surface area contributed by atoms with E-state index in [1.54, 1.807) is 32.2 Å². The summed E-state index contributed by atoms with van der Waals surface area (Å²) in [5.41, 5.74) is 0.480. The molecule has 0 saturated carbocycles. The van der Waals surface area contributed by atoms with Gasteiger partial charge in [-0.2, -0.15) is 4.39 Å². The van der Waals surface area contributed by atoms with Gasteiger partial charge in [0.05, 0.1) is 0 Å². The van der Waals surface area contributed by atoms with Gasteiger partial charge in [0.2, 0.25) is 16.0 Å². The minimum Gasteiger partial charge on any atom is -0.273 e. The van der Waals surface area contributed by atoms with E-state index in [4.69, 9.17) is 11.6 Å². The second-order valence-electron chi connectivity index (χ2n) is 6.63. The SMILES string of the molecule is Cn1cc(C2C=C(Cl)C=CC2(C)S(=O)(=O)n2ccc3cccnc32)c(F)n1. The van der Waals surface area contributed by atoms with Gasteiger partial charge in [0.15, 0.2) is 5.65 Å². The van der Waals surface area contributed by atoms with E-state index < -0.39 is 26.6 Å². The van der Waals surface area contributed by atoms with Crippen LogP contribution in [0.25, 0.3) is 11.0 Å². The Bertz CT molecular complexity index is 1210. The van der Waals surface area contributed by atoms with Crippen LogP contribution in [0.3, 0.4) is 0 Å². The van der Waals surface area contributed by atoms with Gasteiger partial charge >= 0.3 is 0 Å². The van der Waals surface area contributed by atoms with Crippen molar-refractivity contribution in [2.45, 2.75) is 17.6 Å². The fourth-order valence-corrected chi connectivity index (χ4v) is 5.38. The number of halogens is 2. The van der Waals surface area contributed by atoms with E-state index in [9.17, 15) is 12.8 Å². The van der Waals surface area contributed by atoms with E-state index >= 15 is 0 Å². The fourth-order valence-electron chi connectivity index (χ4n) is 3.41. The third-order valence-corrected chi connectivity index (χ3v) is 7.46. The second-order valence-corrected chi connectivity index (χ2v) is 9.29. The molecule has 3 aromatic rings. The van der Waals surface area contributed by atoms with Gasteiger partial charge in [-0.15, -0.1) is 5.10 Å². The molecule has 1 aliphatic carbocycles. The van der Waals surface area contributed by atoms with Crippen LogP contribution < -0.4 is 0 Å². The number of hydrogen-bond acceptors (Lipinski definition) is 4. The second kappa shape index (κ2) is 6.03. The molecule has 3 heterocycles. The van der Waals surface area contributed by atoms with Gasteiger partial charge in [-0.05, 0) is 31.2 Å². The predicted octanol–water partition coefficient (Wildman–Crippen LogP) is 3.32. The smallest absolute Gasteiger partial charge is 0.250 e. The highest BCUT2D eigenvalue weighted by Gasteiger charge is 2.48. The van der Waals surface area contributed by atoms with Crippen LogP contribution in [0.15, 0.2) is 60.0 Å². The molecule has 0 radical (unpaired) electrons. The number of rotatable bonds is 3. The molecule has 0 aliphatic heterocycles. The molecular formula is C18H16ClFN4O2S. The molecule has 0 bridgehead atoms. The zero-order valence-electron chi connectivity index (χ0n) is 14.5. The van der Waals surface area contributed by atoms with E-state index in [1.807, 2.05) is 0 Å². The molecule has 9 heteroatoms. The lowest BCUT2D eigenvalue weighted by Gasteiger charge is -2.35. The van der Waals surface area contributed by atoms with Crippen molar-refractivity contribution < 1.29 is 12.8 Å². The number of hydrogen-bond donors (Lipinski definition) is 0. The van der Waals surface area contributed by atoms with Gasteiger partial charge in [-0.3, -0.25) is 4.68 Å². The Balaban J connectivity index is 1.94. The third-order valence-electron chi connectivity index (χ3n) is 4.89. The molecular weight excluding hydrogens is 391 g/mol. The van der Waals surface area contributed by atoms with Crippen molar-refractivity contribution in [2.24, 2.45) is 7.05 Å². The Labute approximate surface area is 160 Å². The minimum atomic E-state index is -4.01. The van der Waals surface area contributed by atoms with E-state index in [-0.39, 0.29) is 5.56 Å². The maximum absolute atomic E-state index is 14.4. The Hall–Kier alpha value is -2.45. The topological polar surface area (TPSA) is 69.8 Å². The average molecular weight is 407 g/mol. The summed E-state index contributed by atoms with van der Waals surface area (Å²) < 4.78 is 42.7. The van der Waals surface area contributed by atoms with Crippen molar-refractivity contribution in [1.82, 2.24) is 18.7 Å². The summed E-state index contributed by atoms with van der Waals surface area (Å²) in [4.78, 5) is 4.20. The van der Waals surface area contributed by atoms with E-state index in [0.717, 1.165) is 3.97 Å². The van der Waals surface area contributed by atoms with Gasteiger partial charge in [-0.25, -0.2) is 17.4 Å². The predicted molar refractivity (Wildman–Crippen MR) is 101 cm³/mol. The van der Waals surface area contributed by atoms with Crippen LogP contribution in [0.1, 0.15) is 18.4 Å². The maximum atomic E-state index is 14.4. The summed E-state index contributed by atoms with van der Waals surface area (Å²) in [7, 11) is -2.44. The van der Waals surface area contributed by atoms with Crippen molar-refractivity contribution in [2.75, 3.05) is 0 Å². The highest BCUT2D eigenvalue weighted by atomic mass is 35.5. The van der Waals surface area contributed by atoms with Crippen LogP contribution in [0, 0.1) is 5.95 Å². The molecule has 27 heavy (non-hydrogen) atoms. The van der Waals surface area contributed by atoms with Crippen LogP contribution >= 0.6 is 11.6 Å². The lowest BCUT2D eigenvalue weighted by Crippen LogP contribution is -2.43. The summed E-state index contributed by atoms with van der Waals surface area (Å²) in [6.07, 6.45) is 9.02. The fraction of sp³-hybridized carbons (Fsp3) is 0.222. The number of pyridine rings is 1. The van der Waals surface area contributed by atoms with Crippen LogP contribution in [0.5, 0.6) is 0 Å². The Kier molecular flexibility index (Phi) is 4.01. The molecule has 4 rings (SSSR count). The monoisotopic (exact) mass is 406 g/mol. The molecule has 3 aromatic heterocycles. The largest absolute Gasteiger partial charge is 0.273 e. The van der Waals surface area contributed by atoms with Crippen LogP contribution in [0.2, 0.25) is 0 Å². The summed E-state index contributed by atoms with van der Waals surface area (Å²) in [6.45, 7) is 1.55. The number of nitrogens with zero attached hydrogens (tertiary/aromatic N) is 4. The maximum Gasteiger partial charge on any atom is 0.250 e. The van der Waals surface area contributed by atoms with Crippen molar-refractivity contribution in [3.05, 3.63) is 71.6 Å². The van der Waals surface area contributed by atoms with Gasteiger partial charge < -0.3 is 0 Å². The van der Waals surface area contributed by atoms with Crippen LogP contribution in [-0.2, 0) is 17.1 Å². The number of allylic oxidation sites excluding steroid dienone is 3. The number of fused-ring (bicyclic) bond motifs is 1. The normalized spacial score (nSPS) is 23.0. The molecule has 1 aliphatic rings. The molecule has 0 N–H and O–H groups in total. The molecule has 2 atom stereocenters. The number of aromatic nitrogens is 4. The molecule has 0 spiro atoms. The quantitative estimate of drug-likeness (QED) is 0.669. The summed E-state index contributed by atoms with van der Waals surface area (Å²) >= 11 is 6.13. The van der Waals surface area contributed by atoms with Gasteiger partial charge in [-0.1, -0.05) is 23.8 Å². The van der Waals surface area contributed by atoms with E-state index in [1.165, 1.54) is 41.5 Å². The lowest BCUT2D eigenvalue weighted by molar-refractivity contribution is 0.511. The molecule has 0 amide bonds. The lowest BCUT2D eigenvalue weighted by atomic mass is 9.84. The summed E-state index contributed by atoms with van der Waals surface area (Å²) in [6, 6.07) is 5.19.